The first-order valence-electron chi connectivity index (χ1n) is 8.53. The normalized spacial score (nSPS) is 33.0. The topological polar surface area (TPSA) is 63.6 Å². The minimum absolute atomic E-state index is 0.0314. The average molecular weight is 330 g/mol. The first kappa shape index (κ1) is 18.2. The van der Waals surface area contributed by atoms with Crippen LogP contribution in [-0.2, 0) is 14.3 Å². The van der Waals surface area contributed by atoms with E-state index in [0.29, 0.717) is 24.0 Å². The molecule has 130 valence electrons. The van der Waals surface area contributed by atoms with Crippen molar-refractivity contribution in [2.75, 3.05) is 0 Å². The zero-order valence-electron chi connectivity index (χ0n) is 14.5. The van der Waals surface area contributed by atoms with Gasteiger partial charge in [-0.2, -0.15) is 0 Å². The van der Waals surface area contributed by atoms with Crippen molar-refractivity contribution in [3.05, 3.63) is 47.1 Å². The molecule has 0 radical (unpaired) electrons. The first-order valence-corrected chi connectivity index (χ1v) is 8.53. The average Bonchev–Trinajstić information content (AvgIpc) is 2.77. The number of esters is 1. The molecule has 0 amide bonds. The number of carboxylic acids is 1. The summed E-state index contributed by atoms with van der Waals surface area (Å²) >= 11 is 0. The van der Waals surface area contributed by atoms with Gasteiger partial charge >= 0.3 is 11.9 Å². The number of rotatable bonds is 1. The molecular formula is C20H26O4. The molecule has 2 atom stereocenters. The maximum atomic E-state index is 11.8. The number of carboxylic acid groups (broad SMARTS) is 1. The van der Waals surface area contributed by atoms with Gasteiger partial charge in [-0.1, -0.05) is 29.9 Å². The van der Waals surface area contributed by atoms with Gasteiger partial charge in [0.15, 0.2) is 0 Å². The third-order valence-corrected chi connectivity index (χ3v) is 4.76. The maximum Gasteiger partial charge on any atom is 0.334 e. The molecule has 1 heterocycles. The first-order chi connectivity index (χ1) is 11.4. The smallest absolute Gasteiger partial charge is 0.334 e. The van der Waals surface area contributed by atoms with Gasteiger partial charge in [-0.05, 0) is 58.4 Å². The molecule has 1 aliphatic heterocycles. The largest absolute Gasteiger partial charge is 0.478 e. The van der Waals surface area contributed by atoms with Crippen molar-refractivity contribution < 1.29 is 19.4 Å². The Morgan fingerprint density at radius 1 is 1.17 bits per heavy atom. The van der Waals surface area contributed by atoms with Gasteiger partial charge in [-0.3, -0.25) is 0 Å². The molecule has 4 nitrogen and oxygen atoms in total. The molecule has 2 aliphatic rings. The zero-order valence-corrected chi connectivity index (χ0v) is 14.5. The number of allylic oxidation sites excluding steroid dienone is 4. The quantitative estimate of drug-likeness (QED) is 0.441. The summed E-state index contributed by atoms with van der Waals surface area (Å²) in [5.74, 6) is -1.10. The number of fused-ring (bicyclic) bond motifs is 1. The van der Waals surface area contributed by atoms with Crippen LogP contribution in [0.25, 0.3) is 0 Å². The Labute approximate surface area is 143 Å². The predicted octanol–water partition coefficient (Wildman–Crippen LogP) is 4.34. The predicted molar refractivity (Wildman–Crippen MR) is 93.4 cm³/mol. The summed E-state index contributed by atoms with van der Waals surface area (Å²) in [4.78, 5) is 23.2. The number of ether oxygens (including phenoxy) is 1. The van der Waals surface area contributed by atoms with Gasteiger partial charge in [0.05, 0.1) is 0 Å². The Morgan fingerprint density at radius 2 is 1.88 bits per heavy atom. The molecule has 0 saturated carbocycles. The van der Waals surface area contributed by atoms with E-state index in [2.05, 4.69) is 12.7 Å². The highest BCUT2D eigenvalue weighted by Gasteiger charge is 2.36. The molecule has 1 aliphatic carbocycles. The third-order valence-electron chi connectivity index (χ3n) is 4.76. The molecule has 1 saturated heterocycles. The molecule has 0 aromatic heterocycles. The summed E-state index contributed by atoms with van der Waals surface area (Å²) < 4.78 is 5.46. The van der Waals surface area contributed by atoms with Gasteiger partial charge in [-0.25, -0.2) is 9.59 Å². The van der Waals surface area contributed by atoms with Crippen LogP contribution in [-0.4, -0.2) is 23.1 Å². The zero-order chi connectivity index (χ0) is 17.7. The highest BCUT2D eigenvalue weighted by atomic mass is 16.5. The number of hydrogen-bond donors (Lipinski definition) is 1. The molecule has 0 spiro atoms. The second kappa shape index (κ2) is 8.13. The summed E-state index contributed by atoms with van der Waals surface area (Å²) in [6, 6.07) is 0. The minimum atomic E-state index is -0.837. The van der Waals surface area contributed by atoms with Crippen LogP contribution >= 0.6 is 0 Å². The Bertz CT molecular complexity index is 622. The Balaban J connectivity index is 2.23. The fraction of sp³-hybridized carbons (Fsp3) is 0.500. The van der Waals surface area contributed by atoms with Crippen molar-refractivity contribution in [3.8, 4) is 0 Å². The number of carbonyl (C=O) groups is 2. The number of aliphatic carboxylic acids is 1. The van der Waals surface area contributed by atoms with Crippen LogP contribution in [0.1, 0.15) is 52.4 Å². The molecule has 4 heteroatoms. The lowest BCUT2D eigenvalue weighted by Gasteiger charge is -2.16. The van der Waals surface area contributed by atoms with Crippen LogP contribution in [0, 0.1) is 5.92 Å². The van der Waals surface area contributed by atoms with Crippen LogP contribution in [0.15, 0.2) is 47.1 Å². The molecule has 0 bridgehead atoms. The van der Waals surface area contributed by atoms with Gasteiger partial charge < -0.3 is 9.84 Å². The Morgan fingerprint density at radius 3 is 2.58 bits per heavy atom. The number of carbonyl (C=O) groups excluding carboxylic acids is 1. The molecule has 0 unspecified atom stereocenters. The van der Waals surface area contributed by atoms with Gasteiger partial charge in [0.2, 0.25) is 0 Å². The van der Waals surface area contributed by atoms with E-state index in [9.17, 15) is 14.7 Å². The van der Waals surface area contributed by atoms with Gasteiger partial charge in [0.25, 0.3) is 0 Å². The number of hydrogen-bond acceptors (Lipinski definition) is 3. The van der Waals surface area contributed by atoms with Crippen LogP contribution in [0.4, 0.5) is 0 Å². The second-order valence-corrected chi connectivity index (χ2v) is 6.72. The van der Waals surface area contributed by atoms with Crippen molar-refractivity contribution in [2.45, 2.75) is 58.5 Å². The maximum absolute atomic E-state index is 11.8. The lowest BCUT2D eigenvalue weighted by molar-refractivity contribution is -0.137. The molecule has 2 rings (SSSR count). The van der Waals surface area contributed by atoms with Crippen LogP contribution < -0.4 is 0 Å². The minimum Gasteiger partial charge on any atom is -0.478 e. The summed E-state index contributed by atoms with van der Waals surface area (Å²) in [6.07, 6.45) is 10.1. The van der Waals surface area contributed by atoms with Gasteiger partial charge in [0, 0.05) is 17.1 Å². The van der Waals surface area contributed by atoms with E-state index in [1.807, 2.05) is 26.0 Å². The van der Waals surface area contributed by atoms with Crippen LogP contribution in [0.5, 0.6) is 0 Å². The second-order valence-electron chi connectivity index (χ2n) is 6.72. The van der Waals surface area contributed by atoms with Crippen molar-refractivity contribution in [1.82, 2.24) is 0 Å². The molecule has 1 fully saturated rings. The van der Waals surface area contributed by atoms with Crippen LogP contribution in [0.2, 0.25) is 0 Å². The van der Waals surface area contributed by atoms with Crippen LogP contribution in [0.3, 0.4) is 0 Å². The van der Waals surface area contributed by atoms with Crippen molar-refractivity contribution in [2.24, 2.45) is 5.92 Å². The van der Waals surface area contributed by atoms with E-state index in [-0.39, 0.29) is 18.0 Å². The van der Waals surface area contributed by atoms with Gasteiger partial charge in [-0.15, -0.1) is 0 Å². The lowest BCUT2D eigenvalue weighted by atomic mass is 9.89. The summed E-state index contributed by atoms with van der Waals surface area (Å²) in [6.45, 7) is 7.95. The van der Waals surface area contributed by atoms with Crippen molar-refractivity contribution in [1.29, 1.82) is 0 Å². The van der Waals surface area contributed by atoms with E-state index >= 15 is 0 Å². The Kier molecular flexibility index (Phi) is 6.18. The summed E-state index contributed by atoms with van der Waals surface area (Å²) in [7, 11) is 0. The van der Waals surface area contributed by atoms with E-state index in [0.717, 1.165) is 31.3 Å². The Hall–Kier alpha value is -2.10. The molecule has 24 heavy (non-hydrogen) atoms. The monoisotopic (exact) mass is 330 g/mol. The SMILES string of the molecule is C=C1C(=O)O[C@@H]2/C=C(\C)CC/C=C(/C(=O)O)CC/C=C(\C)CC[C@@H]12. The molecule has 0 aromatic carbocycles. The third kappa shape index (κ3) is 4.70. The lowest BCUT2D eigenvalue weighted by Crippen LogP contribution is -2.15. The van der Waals surface area contributed by atoms with Crippen molar-refractivity contribution >= 4 is 11.9 Å². The molecule has 0 aromatic rings. The summed E-state index contributed by atoms with van der Waals surface area (Å²) in [5.41, 5.74) is 3.36. The van der Waals surface area contributed by atoms with E-state index in [1.54, 1.807) is 0 Å². The molecular weight excluding hydrogens is 304 g/mol. The highest BCUT2D eigenvalue weighted by molar-refractivity contribution is 5.91. The standard InChI is InChI=1S/C20H26O4/c1-13-6-4-8-16(19(21)22)9-5-7-14(2)12-18-17(11-10-13)15(3)20(23)24-18/h6,9,12,17-18H,3-5,7-8,10-11H2,1-2H3,(H,21,22)/b13-6+,14-12+,16-9+/t17-,18+/m0/s1. The van der Waals surface area contributed by atoms with Crippen molar-refractivity contribution in [3.63, 3.8) is 0 Å². The summed E-state index contributed by atoms with van der Waals surface area (Å²) in [5, 5.41) is 9.29. The fourth-order valence-corrected chi connectivity index (χ4v) is 3.21. The van der Waals surface area contributed by atoms with Gasteiger partial charge in [0.1, 0.15) is 6.10 Å². The van der Waals surface area contributed by atoms with E-state index < -0.39 is 5.97 Å². The fourth-order valence-electron chi connectivity index (χ4n) is 3.21. The highest BCUT2D eigenvalue weighted by Crippen LogP contribution is 2.33. The van der Waals surface area contributed by atoms with E-state index in [4.69, 9.17) is 4.74 Å². The van der Waals surface area contributed by atoms with E-state index in [1.165, 1.54) is 5.57 Å². The molecule has 1 N–H and O–H groups in total.